The van der Waals surface area contributed by atoms with Crippen LogP contribution in [0, 0.1) is 0 Å². The summed E-state index contributed by atoms with van der Waals surface area (Å²) in [5, 5.41) is 6.26. The van der Waals surface area contributed by atoms with Crippen molar-refractivity contribution in [2.24, 2.45) is 5.73 Å². The Morgan fingerprint density at radius 2 is 1.62 bits per heavy atom. The van der Waals surface area contributed by atoms with Crippen molar-refractivity contribution in [3.63, 3.8) is 0 Å². The Labute approximate surface area is 230 Å². The van der Waals surface area contributed by atoms with Gasteiger partial charge in [-0.1, -0.05) is 12.1 Å². The van der Waals surface area contributed by atoms with Gasteiger partial charge in [0, 0.05) is 41.9 Å². The lowest BCUT2D eigenvalue weighted by atomic mass is 9.98. The zero-order valence-corrected chi connectivity index (χ0v) is 22.5. The average molecular weight is 537 g/mol. The minimum atomic E-state index is -1.01. The lowest BCUT2D eigenvalue weighted by Crippen LogP contribution is -2.49. The summed E-state index contributed by atoms with van der Waals surface area (Å²) in [4.78, 5) is 48.3. The quantitative estimate of drug-likeness (QED) is 0.248. The summed E-state index contributed by atoms with van der Waals surface area (Å²) in [5.74, 6) is -1.05. The predicted molar refractivity (Wildman–Crippen MR) is 155 cm³/mol. The molecule has 2 amide bonds. The molecule has 0 saturated heterocycles. The summed E-state index contributed by atoms with van der Waals surface area (Å²) in [6.07, 6.45) is 3.23. The number of nitrogens with two attached hydrogens (primary N) is 1. The summed E-state index contributed by atoms with van der Waals surface area (Å²) >= 11 is 0. The Morgan fingerprint density at radius 3 is 2.30 bits per heavy atom. The van der Waals surface area contributed by atoms with Crippen molar-refractivity contribution in [3.8, 4) is 0 Å². The number of hydrogen-bond donors (Lipinski definition) is 3. The van der Waals surface area contributed by atoms with Crippen molar-refractivity contribution < 1.29 is 19.1 Å². The fourth-order valence-corrected chi connectivity index (χ4v) is 4.53. The van der Waals surface area contributed by atoms with E-state index in [1.165, 1.54) is 12.0 Å². The zero-order chi connectivity index (χ0) is 28.6. The van der Waals surface area contributed by atoms with Crippen LogP contribution >= 0.6 is 0 Å². The minimum absolute atomic E-state index is 0.223. The van der Waals surface area contributed by atoms with Crippen molar-refractivity contribution in [3.05, 3.63) is 89.7 Å². The predicted octanol–water partition coefficient (Wildman–Crippen LogP) is 4.05. The number of carbonyl (C=O) groups excluding carboxylic acids is 3. The molecule has 0 fully saturated rings. The van der Waals surface area contributed by atoms with Gasteiger partial charge in [0.05, 0.1) is 46.2 Å². The molecule has 2 heterocycles. The Kier molecular flexibility index (Phi) is 6.78. The Balaban J connectivity index is 1.60. The normalized spacial score (nSPS) is 13.9. The smallest absolute Gasteiger partial charge is 0.337 e. The molecule has 5 rings (SSSR count). The number of benzene rings is 3. The first-order valence-corrected chi connectivity index (χ1v) is 12.5. The zero-order valence-electron chi connectivity index (χ0n) is 22.5. The fraction of sp³-hybridized carbons (Fsp3) is 0.167. The molecule has 10 nitrogen and oxygen atoms in total. The SMILES string of the molecule is COC(=O)c1ccc2c(c1)NC(=O)/C2=C(\Nc1ccc(N(C)C(=O)C(C)(C)N)cc1)c1ccc2nccnc2c1. The second-order valence-corrected chi connectivity index (χ2v) is 9.97. The van der Waals surface area contributed by atoms with Gasteiger partial charge in [0.15, 0.2) is 0 Å². The number of carbonyl (C=O) groups is 3. The van der Waals surface area contributed by atoms with Gasteiger partial charge >= 0.3 is 5.97 Å². The fourth-order valence-electron chi connectivity index (χ4n) is 4.53. The largest absolute Gasteiger partial charge is 0.465 e. The molecular formula is C30H28N6O4. The molecule has 0 spiro atoms. The van der Waals surface area contributed by atoms with Crippen molar-refractivity contribution in [1.82, 2.24) is 9.97 Å². The van der Waals surface area contributed by atoms with E-state index in [4.69, 9.17) is 10.5 Å². The van der Waals surface area contributed by atoms with Crippen LogP contribution in [0.5, 0.6) is 0 Å². The summed E-state index contributed by atoms with van der Waals surface area (Å²) < 4.78 is 4.83. The molecule has 0 radical (unpaired) electrons. The molecule has 10 heteroatoms. The number of fused-ring (bicyclic) bond motifs is 2. The Bertz CT molecular complexity index is 1690. The second kappa shape index (κ2) is 10.2. The van der Waals surface area contributed by atoms with Crippen molar-refractivity contribution in [1.29, 1.82) is 0 Å². The molecule has 202 valence electrons. The van der Waals surface area contributed by atoms with E-state index >= 15 is 0 Å². The number of ether oxygens (including phenoxy) is 1. The molecule has 0 unspecified atom stereocenters. The standard InChI is InChI=1S/C30H28N6O4/c1-30(2,31)29(39)36(3)20-9-7-19(8-10-20)34-26(17-6-12-22-24(15-17)33-14-13-32-22)25-21-11-5-18(28(38)40-4)16-23(21)35-27(25)37/h5-16,34H,31H2,1-4H3,(H,35,37)/b26-25-. The highest BCUT2D eigenvalue weighted by molar-refractivity contribution is 6.37. The van der Waals surface area contributed by atoms with Crippen LogP contribution in [0.2, 0.25) is 0 Å². The minimum Gasteiger partial charge on any atom is -0.465 e. The highest BCUT2D eigenvalue weighted by Crippen LogP contribution is 2.38. The molecule has 1 aliphatic rings. The van der Waals surface area contributed by atoms with Crippen LogP contribution in [0.3, 0.4) is 0 Å². The first-order valence-electron chi connectivity index (χ1n) is 12.5. The number of esters is 1. The molecule has 4 N–H and O–H groups in total. The molecule has 0 saturated carbocycles. The molecule has 0 bridgehead atoms. The van der Waals surface area contributed by atoms with Crippen molar-refractivity contribution in [2.45, 2.75) is 19.4 Å². The maximum absolute atomic E-state index is 13.4. The van der Waals surface area contributed by atoms with Crippen LogP contribution in [0.1, 0.15) is 35.3 Å². The molecular weight excluding hydrogens is 508 g/mol. The average Bonchev–Trinajstić information content (AvgIpc) is 3.28. The summed E-state index contributed by atoms with van der Waals surface area (Å²) in [6.45, 7) is 3.32. The van der Waals surface area contributed by atoms with Crippen LogP contribution in [-0.4, -0.2) is 47.4 Å². The topological polar surface area (TPSA) is 140 Å². The number of nitrogens with zero attached hydrogens (tertiary/aromatic N) is 3. The maximum atomic E-state index is 13.4. The summed E-state index contributed by atoms with van der Waals surface area (Å²) in [7, 11) is 2.98. The molecule has 1 aliphatic heterocycles. The Morgan fingerprint density at radius 1 is 0.950 bits per heavy atom. The van der Waals surface area contributed by atoms with Gasteiger partial charge in [-0.2, -0.15) is 0 Å². The molecule has 3 aromatic carbocycles. The van der Waals surface area contributed by atoms with Crippen molar-refractivity contribution in [2.75, 3.05) is 29.7 Å². The second-order valence-electron chi connectivity index (χ2n) is 9.97. The lowest BCUT2D eigenvalue weighted by Gasteiger charge is -2.26. The number of nitrogens with one attached hydrogen (secondary N) is 2. The van der Waals surface area contributed by atoms with Gasteiger partial charge in [-0.3, -0.25) is 19.6 Å². The molecule has 40 heavy (non-hydrogen) atoms. The summed E-state index contributed by atoms with van der Waals surface area (Å²) in [5.41, 5.74) is 10.8. The number of aromatic nitrogens is 2. The number of anilines is 3. The van der Waals surface area contributed by atoms with Crippen LogP contribution in [0.15, 0.2) is 73.1 Å². The summed E-state index contributed by atoms with van der Waals surface area (Å²) in [6, 6.07) is 17.7. The first-order chi connectivity index (χ1) is 19.1. The van der Waals surface area contributed by atoms with E-state index in [1.807, 2.05) is 30.3 Å². The Hall–Kier alpha value is -5.09. The van der Waals surface area contributed by atoms with Gasteiger partial charge in [-0.15, -0.1) is 0 Å². The van der Waals surface area contributed by atoms with E-state index in [1.54, 1.807) is 63.6 Å². The van der Waals surface area contributed by atoms with Crippen LogP contribution in [-0.2, 0) is 14.3 Å². The third kappa shape index (κ3) is 4.99. The third-order valence-corrected chi connectivity index (χ3v) is 6.57. The number of likely N-dealkylation sites (N-methyl/N-ethyl adjacent to an activating group) is 1. The number of amides is 2. The molecule has 4 aromatic rings. The van der Waals surface area contributed by atoms with Crippen LogP contribution in [0.25, 0.3) is 22.3 Å². The van der Waals surface area contributed by atoms with Gasteiger partial charge < -0.3 is 26.0 Å². The number of hydrogen-bond acceptors (Lipinski definition) is 8. The monoisotopic (exact) mass is 536 g/mol. The van der Waals surface area contributed by atoms with E-state index in [-0.39, 0.29) is 11.8 Å². The van der Waals surface area contributed by atoms with E-state index in [2.05, 4.69) is 20.6 Å². The van der Waals surface area contributed by atoms with Crippen molar-refractivity contribution >= 4 is 57.1 Å². The lowest BCUT2D eigenvalue weighted by molar-refractivity contribution is -0.122. The van der Waals surface area contributed by atoms with Crippen LogP contribution in [0.4, 0.5) is 17.1 Å². The van der Waals surface area contributed by atoms with E-state index < -0.39 is 11.5 Å². The highest BCUT2D eigenvalue weighted by atomic mass is 16.5. The van der Waals surface area contributed by atoms with Crippen LogP contribution < -0.4 is 21.3 Å². The van der Waals surface area contributed by atoms with E-state index in [0.29, 0.717) is 50.5 Å². The molecule has 0 atom stereocenters. The van der Waals surface area contributed by atoms with E-state index in [0.717, 1.165) is 5.52 Å². The van der Waals surface area contributed by atoms with Gasteiger partial charge in [-0.05, 0) is 62.4 Å². The number of rotatable bonds is 6. The molecule has 1 aromatic heterocycles. The third-order valence-electron chi connectivity index (χ3n) is 6.57. The van der Waals surface area contributed by atoms with Gasteiger partial charge in [0.1, 0.15) is 0 Å². The maximum Gasteiger partial charge on any atom is 0.337 e. The molecule has 0 aliphatic carbocycles. The highest BCUT2D eigenvalue weighted by Gasteiger charge is 2.30. The van der Waals surface area contributed by atoms with Gasteiger partial charge in [0.2, 0.25) is 5.91 Å². The first kappa shape index (κ1) is 26.5. The number of methoxy groups -OCH3 is 1. The van der Waals surface area contributed by atoms with E-state index in [9.17, 15) is 14.4 Å². The van der Waals surface area contributed by atoms with Gasteiger partial charge in [0.25, 0.3) is 5.91 Å². The van der Waals surface area contributed by atoms with Gasteiger partial charge in [-0.25, -0.2) is 4.79 Å².